The lowest BCUT2D eigenvalue weighted by atomic mass is 9.56. The standard InChI is InChI=1S/C16H26N2O3S/c1-10-11(2)22-14(20)18(10)8-7-13(19)17-12-9-16(5,21-6)15(12,3)4/h12H,7-9H2,1-6H3,(H,17,19). The van der Waals surface area contributed by atoms with E-state index in [0.717, 1.165) is 17.0 Å². The fourth-order valence-corrected chi connectivity index (χ4v) is 3.91. The minimum absolute atomic E-state index is 0.00798. The quantitative estimate of drug-likeness (QED) is 0.903. The predicted octanol–water partition coefficient (Wildman–Crippen LogP) is 2.24. The Morgan fingerprint density at radius 3 is 2.50 bits per heavy atom. The number of nitrogens with one attached hydrogen (secondary N) is 1. The number of carbonyl (C=O) groups excluding carboxylic acids is 1. The van der Waals surface area contributed by atoms with Crippen LogP contribution in [0.25, 0.3) is 0 Å². The molecule has 1 heterocycles. The molecular formula is C16H26N2O3S. The van der Waals surface area contributed by atoms with E-state index in [1.165, 1.54) is 11.3 Å². The molecule has 1 aliphatic rings. The summed E-state index contributed by atoms with van der Waals surface area (Å²) in [6.07, 6.45) is 1.14. The summed E-state index contributed by atoms with van der Waals surface area (Å²) in [6.45, 7) is 10.6. The predicted molar refractivity (Wildman–Crippen MR) is 88.4 cm³/mol. The minimum Gasteiger partial charge on any atom is -0.378 e. The Balaban J connectivity index is 1.91. The molecule has 1 aromatic rings. The van der Waals surface area contributed by atoms with Crippen molar-refractivity contribution in [1.29, 1.82) is 0 Å². The van der Waals surface area contributed by atoms with Crippen LogP contribution < -0.4 is 10.2 Å². The number of aryl methyl sites for hydroxylation is 1. The first-order chi connectivity index (χ1) is 10.1. The summed E-state index contributed by atoms with van der Waals surface area (Å²) >= 11 is 1.24. The number of amides is 1. The van der Waals surface area contributed by atoms with Crippen molar-refractivity contribution >= 4 is 17.2 Å². The zero-order valence-corrected chi connectivity index (χ0v) is 15.1. The first-order valence-electron chi connectivity index (χ1n) is 7.64. The molecule has 0 aliphatic heterocycles. The average Bonchev–Trinajstić information content (AvgIpc) is 2.69. The zero-order valence-electron chi connectivity index (χ0n) is 14.3. The van der Waals surface area contributed by atoms with Crippen molar-refractivity contribution in [3.8, 4) is 0 Å². The van der Waals surface area contributed by atoms with Crippen LogP contribution >= 0.6 is 11.3 Å². The first-order valence-corrected chi connectivity index (χ1v) is 8.45. The third-order valence-corrected chi connectivity index (χ3v) is 6.55. The number of aromatic nitrogens is 1. The van der Waals surface area contributed by atoms with Gasteiger partial charge in [-0.1, -0.05) is 25.2 Å². The summed E-state index contributed by atoms with van der Waals surface area (Å²) < 4.78 is 7.25. The van der Waals surface area contributed by atoms with E-state index in [-0.39, 0.29) is 27.8 Å². The molecule has 2 atom stereocenters. The summed E-state index contributed by atoms with van der Waals surface area (Å²) in [7, 11) is 1.72. The maximum absolute atomic E-state index is 12.2. The number of rotatable bonds is 5. The normalized spacial score (nSPS) is 26.5. The van der Waals surface area contributed by atoms with Gasteiger partial charge in [-0.15, -0.1) is 0 Å². The maximum Gasteiger partial charge on any atom is 0.307 e. The number of hydrogen-bond acceptors (Lipinski definition) is 4. The third-order valence-electron chi connectivity index (χ3n) is 5.55. The molecule has 1 fully saturated rings. The van der Waals surface area contributed by atoms with Crippen molar-refractivity contribution in [2.75, 3.05) is 7.11 Å². The number of ether oxygens (including phenoxy) is 1. The highest BCUT2D eigenvalue weighted by Crippen LogP contribution is 2.51. The van der Waals surface area contributed by atoms with Crippen molar-refractivity contribution in [3.05, 3.63) is 20.2 Å². The molecule has 6 heteroatoms. The van der Waals surface area contributed by atoms with Gasteiger partial charge in [-0.05, 0) is 27.2 Å². The highest BCUT2D eigenvalue weighted by atomic mass is 32.1. The zero-order chi connectivity index (χ0) is 16.7. The van der Waals surface area contributed by atoms with E-state index in [4.69, 9.17) is 4.74 Å². The van der Waals surface area contributed by atoms with Crippen LogP contribution in [0.4, 0.5) is 0 Å². The number of thiazole rings is 1. The second kappa shape index (κ2) is 5.81. The van der Waals surface area contributed by atoms with Crippen molar-refractivity contribution in [2.24, 2.45) is 5.41 Å². The first kappa shape index (κ1) is 17.2. The van der Waals surface area contributed by atoms with Gasteiger partial charge in [-0.3, -0.25) is 9.59 Å². The highest BCUT2D eigenvalue weighted by Gasteiger charge is 2.58. The Kier molecular flexibility index (Phi) is 4.55. The van der Waals surface area contributed by atoms with Gasteiger partial charge in [0.05, 0.1) is 5.60 Å². The Morgan fingerprint density at radius 1 is 1.41 bits per heavy atom. The number of methoxy groups -OCH3 is 1. The Hall–Kier alpha value is -1.14. The summed E-state index contributed by atoms with van der Waals surface area (Å²) in [5.74, 6) is -0.00798. The van der Waals surface area contributed by atoms with E-state index in [1.54, 1.807) is 11.7 Å². The summed E-state index contributed by atoms with van der Waals surface area (Å²) in [6, 6.07) is 0.118. The van der Waals surface area contributed by atoms with Crippen LogP contribution in [0.1, 0.15) is 44.2 Å². The van der Waals surface area contributed by atoms with Gasteiger partial charge < -0.3 is 14.6 Å². The molecule has 0 radical (unpaired) electrons. The Labute approximate surface area is 135 Å². The maximum atomic E-state index is 12.2. The lowest BCUT2D eigenvalue weighted by molar-refractivity contribution is -0.182. The van der Waals surface area contributed by atoms with Crippen LogP contribution in [0.2, 0.25) is 0 Å². The molecule has 2 rings (SSSR count). The van der Waals surface area contributed by atoms with Gasteiger partial charge in [0.1, 0.15) is 0 Å². The van der Waals surface area contributed by atoms with Gasteiger partial charge in [0.2, 0.25) is 5.91 Å². The molecule has 124 valence electrons. The van der Waals surface area contributed by atoms with Gasteiger partial charge in [0.15, 0.2) is 0 Å². The lowest BCUT2D eigenvalue weighted by Crippen LogP contribution is -2.68. The number of carbonyl (C=O) groups is 1. The average molecular weight is 326 g/mol. The monoisotopic (exact) mass is 326 g/mol. The molecule has 0 bridgehead atoms. The van der Waals surface area contributed by atoms with E-state index >= 15 is 0 Å². The Bertz CT molecular complexity index is 632. The molecular weight excluding hydrogens is 300 g/mol. The second-order valence-electron chi connectivity index (χ2n) is 6.89. The van der Waals surface area contributed by atoms with E-state index < -0.39 is 0 Å². The molecule has 2 unspecified atom stereocenters. The molecule has 1 N–H and O–H groups in total. The van der Waals surface area contributed by atoms with Crippen LogP contribution in [-0.2, 0) is 16.1 Å². The largest absolute Gasteiger partial charge is 0.378 e. The fraction of sp³-hybridized carbons (Fsp3) is 0.750. The van der Waals surface area contributed by atoms with Crippen LogP contribution in [0.3, 0.4) is 0 Å². The van der Waals surface area contributed by atoms with Gasteiger partial charge in [0, 0.05) is 42.1 Å². The van der Waals surface area contributed by atoms with Gasteiger partial charge in [0.25, 0.3) is 0 Å². The number of nitrogens with zero attached hydrogens (tertiary/aromatic N) is 1. The van der Waals surface area contributed by atoms with Gasteiger partial charge in [-0.25, -0.2) is 0 Å². The summed E-state index contributed by atoms with van der Waals surface area (Å²) in [5.41, 5.74) is 0.672. The minimum atomic E-state index is -0.192. The fourth-order valence-electron chi connectivity index (χ4n) is 3.05. The van der Waals surface area contributed by atoms with E-state index in [9.17, 15) is 9.59 Å². The molecule has 1 saturated carbocycles. The lowest BCUT2D eigenvalue weighted by Gasteiger charge is -2.59. The Morgan fingerprint density at radius 2 is 2.05 bits per heavy atom. The molecule has 1 amide bonds. The van der Waals surface area contributed by atoms with Crippen molar-refractivity contribution in [1.82, 2.24) is 9.88 Å². The van der Waals surface area contributed by atoms with Crippen molar-refractivity contribution < 1.29 is 9.53 Å². The SMILES string of the molecule is COC1(C)CC(NC(=O)CCn2c(C)c(C)sc2=O)C1(C)C. The van der Waals surface area contributed by atoms with E-state index in [2.05, 4.69) is 26.1 Å². The van der Waals surface area contributed by atoms with Crippen LogP contribution in [-0.4, -0.2) is 29.2 Å². The molecule has 5 nitrogen and oxygen atoms in total. The van der Waals surface area contributed by atoms with E-state index in [0.29, 0.717) is 13.0 Å². The van der Waals surface area contributed by atoms with Crippen LogP contribution in [0.15, 0.2) is 4.79 Å². The second-order valence-corrected chi connectivity index (χ2v) is 8.06. The molecule has 22 heavy (non-hydrogen) atoms. The topological polar surface area (TPSA) is 60.3 Å². The smallest absolute Gasteiger partial charge is 0.307 e. The van der Waals surface area contributed by atoms with Crippen molar-refractivity contribution in [2.45, 2.75) is 65.6 Å². The van der Waals surface area contributed by atoms with Gasteiger partial charge >= 0.3 is 4.87 Å². The van der Waals surface area contributed by atoms with Crippen LogP contribution in [0.5, 0.6) is 0 Å². The summed E-state index contributed by atoms with van der Waals surface area (Å²) in [5, 5.41) is 3.08. The molecule has 1 aromatic heterocycles. The van der Waals surface area contributed by atoms with Gasteiger partial charge in [-0.2, -0.15) is 0 Å². The van der Waals surface area contributed by atoms with E-state index in [1.807, 2.05) is 13.8 Å². The number of hydrogen-bond donors (Lipinski definition) is 1. The van der Waals surface area contributed by atoms with Crippen LogP contribution in [0, 0.1) is 19.3 Å². The molecule has 0 spiro atoms. The molecule has 0 aromatic carbocycles. The summed E-state index contributed by atoms with van der Waals surface area (Å²) in [4.78, 5) is 25.0. The molecule has 1 aliphatic carbocycles. The van der Waals surface area contributed by atoms with Crippen molar-refractivity contribution in [3.63, 3.8) is 0 Å². The molecule has 0 saturated heterocycles. The third kappa shape index (κ3) is 2.74. The highest BCUT2D eigenvalue weighted by molar-refractivity contribution is 7.09.